The van der Waals surface area contributed by atoms with Crippen molar-refractivity contribution in [3.63, 3.8) is 0 Å². The normalized spacial score (nSPS) is 10.3. The highest BCUT2D eigenvalue weighted by atomic mass is 16.5. The molecule has 0 fully saturated rings. The van der Waals surface area contributed by atoms with Gasteiger partial charge in [0, 0.05) is 11.6 Å². The maximum atomic E-state index is 11.5. The number of hydrogen-bond donors (Lipinski definition) is 1. The van der Waals surface area contributed by atoms with Gasteiger partial charge in [0.05, 0.1) is 13.7 Å². The molecule has 2 rings (SSSR count). The van der Waals surface area contributed by atoms with Crippen LogP contribution in [0.2, 0.25) is 0 Å². The number of ether oxygens (including phenoxy) is 2. The van der Waals surface area contributed by atoms with Crippen LogP contribution in [0.15, 0.2) is 24.4 Å². The molecule has 0 amide bonds. The van der Waals surface area contributed by atoms with Gasteiger partial charge in [-0.3, -0.25) is 0 Å². The summed E-state index contributed by atoms with van der Waals surface area (Å²) in [5.74, 6) is -0.0781. The minimum absolute atomic E-state index is 0.0377. The molecule has 0 radical (unpaired) electrons. The van der Waals surface area contributed by atoms with Crippen molar-refractivity contribution in [1.82, 2.24) is 4.98 Å². The summed E-state index contributed by atoms with van der Waals surface area (Å²) >= 11 is 0. The van der Waals surface area contributed by atoms with E-state index in [1.807, 2.05) is 0 Å². The maximum Gasteiger partial charge on any atom is 0.356 e. The van der Waals surface area contributed by atoms with E-state index >= 15 is 0 Å². The number of methoxy groups -OCH3 is 1. The van der Waals surface area contributed by atoms with Gasteiger partial charge >= 0.3 is 5.97 Å². The molecule has 5 nitrogen and oxygen atoms in total. The summed E-state index contributed by atoms with van der Waals surface area (Å²) < 4.78 is 9.89. The van der Waals surface area contributed by atoms with Crippen LogP contribution in [-0.2, 0) is 4.74 Å². The van der Waals surface area contributed by atoms with Crippen molar-refractivity contribution < 1.29 is 19.4 Å². The summed E-state index contributed by atoms with van der Waals surface area (Å²) in [6, 6.07) is 4.79. The number of nitrogens with zero attached hydrogens (tertiary/aromatic N) is 1. The zero-order valence-electron chi connectivity index (χ0n) is 10.1. The molecule has 0 aliphatic carbocycles. The lowest BCUT2D eigenvalue weighted by Crippen LogP contribution is -2.06. The standard InChI is InChI=1S/C13H13NO4/c1-3-18-13(16)10-4-8-6-12(17-2)11(15)5-9(8)7-14-10/h4-7,15H,3H2,1-2H3. The van der Waals surface area contributed by atoms with E-state index in [1.54, 1.807) is 19.1 Å². The van der Waals surface area contributed by atoms with Gasteiger partial charge < -0.3 is 14.6 Å². The number of pyridine rings is 1. The number of phenolic OH excluding ortho intramolecular Hbond substituents is 1. The molecule has 0 unspecified atom stereocenters. The van der Waals surface area contributed by atoms with Gasteiger partial charge in [-0.1, -0.05) is 0 Å². The topological polar surface area (TPSA) is 68.7 Å². The van der Waals surface area contributed by atoms with Crippen molar-refractivity contribution in [1.29, 1.82) is 0 Å². The molecule has 0 saturated heterocycles. The van der Waals surface area contributed by atoms with Crippen LogP contribution in [0.25, 0.3) is 10.8 Å². The van der Waals surface area contributed by atoms with Gasteiger partial charge in [0.15, 0.2) is 11.5 Å². The second-order valence-electron chi connectivity index (χ2n) is 3.66. The first-order valence-electron chi connectivity index (χ1n) is 5.49. The quantitative estimate of drug-likeness (QED) is 0.841. The fourth-order valence-electron chi connectivity index (χ4n) is 1.64. The third-order valence-corrected chi connectivity index (χ3v) is 2.50. The fraction of sp³-hybridized carbons (Fsp3) is 0.231. The first kappa shape index (κ1) is 12.2. The first-order valence-corrected chi connectivity index (χ1v) is 5.49. The molecular weight excluding hydrogens is 234 g/mol. The van der Waals surface area contributed by atoms with E-state index in [0.29, 0.717) is 12.4 Å². The number of carbonyl (C=O) groups is 1. The van der Waals surface area contributed by atoms with Gasteiger partial charge in [-0.25, -0.2) is 9.78 Å². The zero-order valence-corrected chi connectivity index (χ0v) is 10.1. The minimum Gasteiger partial charge on any atom is -0.504 e. The van der Waals surface area contributed by atoms with E-state index in [4.69, 9.17) is 9.47 Å². The average Bonchev–Trinajstić information content (AvgIpc) is 2.37. The number of hydrogen-bond acceptors (Lipinski definition) is 5. The second-order valence-corrected chi connectivity index (χ2v) is 3.66. The lowest BCUT2D eigenvalue weighted by Gasteiger charge is -2.06. The number of fused-ring (bicyclic) bond motifs is 1. The summed E-state index contributed by atoms with van der Waals surface area (Å²) in [5.41, 5.74) is 0.233. The van der Waals surface area contributed by atoms with Gasteiger partial charge in [-0.15, -0.1) is 0 Å². The predicted molar refractivity (Wildman–Crippen MR) is 65.9 cm³/mol. The number of phenols is 1. The van der Waals surface area contributed by atoms with Crippen LogP contribution in [0.5, 0.6) is 11.5 Å². The van der Waals surface area contributed by atoms with E-state index in [-0.39, 0.29) is 11.4 Å². The first-order chi connectivity index (χ1) is 8.65. The van der Waals surface area contributed by atoms with Crippen LogP contribution in [0.4, 0.5) is 0 Å². The lowest BCUT2D eigenvalue weighted by atomic mass is 10.1. The summed E-state index contributed by atoms with van der Waals surface area (Å²) in [7, 11) is 1.47. The van der Waals surface area contributed by atoms with Crippen molar-refractivity contribution in [3.05, 3.63) is 30.1 Å². The Hall–Kier alpha value is -2.30. The summed E-state index contributed by atoms with van der Waals surface area (Å²) in [6.45, 7) is 2.04. The molecule has 1 aromatic carbocycles. The van der Waals surface area contributed by atoms with Crippen molar-refractivity contribution in [2.75, 3.05) is 13.7 Å². The highest BCUT2D eigenvalue weighted by Gasteiger charge is 2.10. The van der Waals surface area contributed by atoms with Crippen LogP contribution < -0.4 is 4.74 Å². The summed E-state index contributed by atoms with van der Waals surface area (Å²) in [6.07, 6.45) is 1.51. The van der Waals surface area contributed by atoms with E-state index < -0.39 is 5.97 Å². The van der Waals surface area contributed by atoms with Crippen molar-refractivity contribution in [3.8, 4) is 11.5 Å². The Balaban J connectivity index is 2.50. The van der Waals surface area contributed by atoms with Crippen molar-refractivity contribution in [2.45, 2.75) is 6.92 Å². The maximum absolute atomic E-state index is 11.5. The highest BCUT2D eigenvalue weighted by Crippen LogP contribution is 2.30. The van der Waals surface area contributed by atoms with E-state index in [9.17, 15) is 9.90 Å². The summed E-state index contributed by atoms with van der Waals surface area (Å²) in [4.78, 5) is 15.5. The number of benzene rings is 1. The molecule has 2 aromatic rings. The van der Waals surface area contributed by atoms with Crippen LogP contribution in [-0.4, -0.2) is 29.8 Å². The summed E-state index contributed by atoms with van der Waals surface area (Å²) in [5, 5.41) is 11.1. The van der Waals surface area contributed by atoms with Crippen molar-refractivity contribution in [2.24, 2.45) is 0 Å². The number of rotatable bonds is 3. The van der Waals surface area contributed by atoms with Crippen LogP contribution in [0, 0.1) is 0 Å². The van der Waals surface area contributed by atoms with Gasteiger partial charge in [0.25, 0.3) is 0 Å². The van der Waals surface area contributed by atoms with E-state index in [0.717, 1.165) is 10.8 Å². The Bertz CT molecular complexity index is 595. The fourth-order valence-corrected chi connectivity index (χ4v) is 1.64. The lowest BCUT2D eigenvalue weighted by molar-refractivity contribution is 0.0519. The van der Waals surface area contributed by atoms with E-state index in [1.165, 1.54) is 19.4 Å². The molecular formula is C13H13NO4. The molecule has 0 aliphatic heterocycles. The molecule has 18 heavy (non-hydrogen) atoms. The smallest absolute Gasteiger partial charge is 0.356 e. The molecule has 0 atom stereocenters. The number of carbonyl (C=O) groups excluding carboxylic acids is 1. The Kier molecular flexibility index (Phi) is 3.32. The van der Waals surface area contributed by atoms with Crippen LogP contribution in [0.3, 0.4) is 0 Å². The molecule has 0 saturated carbocycles. The molecule has 0 bridgehead atoms. The Labute approximate surface area is 104 Å². The van der Waals surface area contributed by atoms with Crippen LogP contribution >= 0.6 is 0 Å². The Morgan fingerprint density at radius 1 is 1.33 bits per heavy atom. The number of aromatic hydroxyl groups is 1. The monoisotopic (exact) mass is 247 g/mol. The molecule has 1 aromatic heterocycles. The zero-order chi connectivity index (χ0) is 13.1. The van der Waals surface area contributed by atoms with Gasteiger partial charge in [0.2, 0.25) is 0 Å². The molecule has 5 heteroatoms. The SMILES string of the molecule is CCOC(=O)c1cc2cc(OC)c(O)cc2cn1. The van der Waals surface area contributed by atoms with Gasteiger partial charge in [0.1, 0.15) is 5.69 Å². The Morgan fingerprint density at radius 3 is 2.78 bits per heavy atom. The van der Waals surface area contributed by atoms with Crippen molar-refractivity contribution >= 4 is 16.7 Å². The van der Waals surface area contributed by atoms with Gasteiger partial charge in [-0.2, -0.15) is 0 Å². The minimum atomic E-state index is -0.466. The van der Waals surface area contributed by atoms with Gasteiger partial charge in [-0.05, 0) is 30.5 Å². The molecule has 1 N–H and O–H groups in total. The average molecular weight is 247 g/mol. The highest BCUT2D eigenvalue weighted by molar-refractivity contribution is 5.94. The van der Waals surface area contributed by atoms with E-state index in [2.05, 4.69) is 4.98 Å². The number of esters is 1. The number of aromatic nitrogens is 1. The second kappa shape index (κ2) is 4.91. The Morgan fingerprint density at radius 2 is 2.11 bits per heavy atom. The molecule has 94 valence electrons. The molecule has 0 spiro atoms. The third kappa shape index (κ3) is 2.20. The molecule has 0 aliphatic rings. The molecule has 1 heterocycles. The van der Waals surface area contributed by atoms with Crippen LogP contribution in [0.1, 0.15) is 17.4 Å². The largest absolute Gasteiger partial charge is 0.504 e. The predicted octanol–water partition coefficient (Wildman–Crippen LogP) is 2.13. The third-order valence-electron chi connectivity index (χ3n) is 2.50.